The van der Waals surface area contributed by atoms with Gasteiger partial charge in [0.2, 0.25) is 0 Å². The molecule has 7 nitrogen and oxygen atoms in total. The summed E-state index contributed by atoms with van der Waals surface area (Å²) in [5.41, 5.74) is 6.39. The zero-order valence-electron chi connectivity index (χ0n) is 13.3. The van der Waals surface area contributed by atoms with E-state index in [1.807, 2.05) is 0 Å². The second-order valence-corrected chi connectivity index (χ2v) is 5.35. The number of carbonyl (C=O) groups is 2. The van der Waals surface area contributed by atoms with E-state index in [1.165, 1.54) is 4.90 Å². The third-order valence-electron chi connectivity index (χ3n) is 3.67. The van der Waals surface area contributed by atoms with Crippen LogP contribution in [0.1, 0.15) is 20.7 Å². The molecule has 0 fully saturated rings. The minimum absolute atomic E-state index is 0.198. The summed E-state index contributed by atoms with van der Waals surface area (Å²) in [6, 6.07) is 6.96. The molecule has 2 amide bonds. The van der Waals surface area contributed by atoms with E-state index >= 15 is 0 Å². The molecule has 5 N–H and O–H groups in total. The van der Waals surface area contributed by atoms with E-state index in [9.17, 15) is 9.59 Å². The van der Waals surface area contributed by atoms with E-state index in [0.29, 0.717) is 30.8 Å². The van der Waals surface area contributed by atoms with Gasteiger partial charge in [0.15, 0.2) is 0 Å². The Bertz CT molecular complexity index is 500. The molecule has 1 aliphatic rings. The van der Waals surface area contributed by atoms with Crippen molar-refractivity contribution in [3.8, 4) is 0 Å². The van der Waals surface area contributed by atoms with Gasteiger partial charge in [0.25, 0.3) is 11.8 Å². The van der Waals surface area contributed by atoms with Crippen LogP contribution in [0.2, 0.25) is 0 Å². The number of fused-ring (bicyclic) bond motifs is 1. The van der Waals surface area contributed by atoms with Crippen molar-refractivity contribution >= 4 is 11.8 Å². The maximum atomic E-state index is 12.1. The van der Waals surface area contributed by atoms with Crippen LogP contribution in [0.4, 0.5) is 0 Å². The third kappa shape index (κ3) is 4.84. The summed E-state index contributed by atoms with van der Waals surface area (Å²) in [7, 11) is 0. The second-order valence-electron chi connectivity index (χ2n) is 5.35. The molecule has 0 aliphatic carbocycles. The quantitative estimate of drug-likeness (QED) is 0.309. The molecule has 0 unspecified atom stereocenters. The Labute approximate surface area is 136 Å². The number of nitrogens with zero attached hydrogens (tertiary/aromatic N) is 1. The maximum absolute atomic E-state index is 12.1. The predicted molar refractivity (Wildman–Crippen MR) is 89.5 cm³/mol. The van der Waals surface area contributed by atoms with Crippen molar-refractivity contribution in [1.82, 2.24) is 20.9 Å². The van der Waals surface area contributed by atoms with Crippen molar-refractivity contribution in [1.29, 1.82) is 0 Å². The molecule has 7 heteroatoms. The van der Waals surface area contributed by atoms with Gasteiger partial charge in [-0.05, 0) is 12.1 Å². The molecule has 1 aromatic rings. The Morgan fingerprint density at radius 1 is 0.783 bits per heavy atom. The molecule has 23 heavy (non-hydrogen) atoms. The van der Waals surface area contributed by atoms with Crippen LogP contribution >= 0.6 is 0 Å². The minimum Gasteiger partial charge on any atom is -0.329 e. The fraction of sp³-hybridized carbons (Fsp3) is 0.500. The van der Waals surface area contributed by atoms with Crippen molar-refractivity contribution in [2.24, 2.45) is 5.73 Å². The SMILES string of the molecule is NCCNCCNCCNCCN1C(=O)c2ccccc2C1=O. The molecule has 0 bridgehead atoms. The van der Waals surface area contributed by atoms with Gasteiger partial charge in [-0.3, -0.25) is 14.5 Å². The van der Waals surface area contributed by atoms with Crippen molar-refractivity contribution < 1.29 is 9.59 Å². The van der Waals surface area contributed by atoms with Crippen LogP contribution in [-0.2, 0) is 0 Å². The number of amides is 2. The zero-order chi connectivity index (χ0) is 16.5. The molecule has 1 aliphatic heterocycles. The van der Waals surface area contributed by atoms with Crippen LogP contribution in [0, 0.1) is 0 Å². The molecule has 0 aromatic heterocycles. The highest BCUT2D eigenvalue weighted by molar-refractivity contribution is 6.21. The lowest BCUT2D eigenvalue weighted by atomic mass is 10.1. The summed E-state index contributed by atoms with van der Waals surface area (Å²) >= 11 is 0. The molecular formula is C16H25N5O2. The van der Waals surface area contributed by atoms with Crippen LogP contribution in [0.5, 0.6) is 0 Å². The molecule has 0 atom stereocenters. The molecule has 1 aromatic carbocycles. The monoisotopic (exact) mass is 319 g/mol. The Balaban J connectivity index is 1.57. The Hall–Kier alpha value is -1.80. The number of rotatable bonds is 11. The molecule has 1 heterocycles. The first-order valence-electron chi connectivity index (χ1n) is 8.03. The molecule has 0 saturated heterocycles. The van der Waals surface area contributed by atoms with E-state index in [-0.39, 0.29) is 11.8 Å². The van der Waals surface area contributed by atoms with Gasteiger partial charge in [0, 0.05) is 52.4 Å². The summed E-state index contributed by atoms with van der Waals surface area (Å²) in [6.07, 6.45) is 0. The highest BCUT2D eigenvalue weighted by Gasteiger charge is 2.34. The largest absolute Gasteiger partial charge is 0.329 e. The van der Waals surface area contributed by atoms with Gasteiger partial charge in [-0.1, -0.05) is 12.1 Å². The van der Waals surface area contributed by atoms with Crippen LogP contribution in [0.25, 0.3) is 0 Å². The zero-order valence-corrected chi connectivity index (χ0v) is 13.3. The smallest absolute Gasteiger partial charge is 0.261 e. The summed E-state index contributed by atoms with van der Waals surface area (Å²) in [4.78, 5) is 25.6. The fourth-order valence-corrected chi connectivity index (χ4v) is 2.46. The second kappa shape index (κ2) is 9.36. The van der Waals surface area contributed by atoms with Crippen molar-refractivity contribution in [3.63, 3.8) is 0 Å². The number of nitrogens with two attached hydrogens (primary N) is 1. The number of hydrogen-bond acceptors (Lipinski definition) is 6. The number of hydrogen-bond donors (Lipinski definition) is 4. The van der Waals surface area contributed by atoms with Gasteiger partial charge in [-0.2, -0.15) is 0 Å². The highest BCUT2D eigenvalue weighted by atomic mass is 16.2. The van der Waals surface area contributed by atoms with E-state index in [1.54, 1.807) is 24.3 Å². The van der Waals surface area contributed by atoms with E-state index in [0.717, 1.165) is 32.7 Å². The van der Waals surface area contributed by atoms with Crippen LogP contribution in [-0.4, -0.2) is 69.1 Å². The lowest BCUT2D eigenvalue weighted by Gasteiger charge is -2.14. The van der Waals surface area contributed by atoms with Gasteiger partial charge >= 0.3 is 0 Å². The summed E-state index contributed by atoms with van der Waals surface area (Å²) in [5, 5.41) is 9.73. The first-order chi connectivity index (χ1) is 11.3. The van der Waals surface area contributed by atoms with Gasteiger partial charge in [-0.15, -0.1) is 0 Å². The van der Waals surface area contributed by atoms with Crippen molar-refractivity contribution in [2.45, 2.75) is 0 Å². The summed E-state index contributed by atoms with van der Waals surface area (Å²) in [5.74, 6) is -0.395. The van der Waals surface area contributed by atoms with E-state index < -0.39 is 0 Å². The van der Waals surface area contributed by atoms with Crippen LogP contribution < -0.4 is 21.7 Å². The number of carbonyl (C=O) groups excluding carboxylic acids is 2. The van der Waals surface area contributed by atoms with Crippen LogP contribution in [0.3, 0.4) is 0 Å². The highest BCUT2D eigenvalue weighted by Crippen LogP contribution is 2.21. The summed E-state index contributed by atoms with van der Waals surface area (Å²) in [6.45, 7) is 5.89. The fourth-order valence-electron chi connectivity index (χ4n) is 2.46. The molecule has 0 saturated carbocycles. The van der Waals surface area contributed by atoms with Crippen LogP contribution in [0.15, 0.2) is 24.3 Å². The van der Waals surface area contributed by atoms with Gasteiger partial charge < -0.3 is 21.7 Å². The molecule has 126 valence electrons. The molecule has 0 spiro atoms. The van der Waals surface area contributed by atoms with Crippen molar-refractivity contribution in [2.75, 3.05) is 52.4 Å². The normalized spacial score (nSPS) is 13.7. The standard InChI is InChI=1S/C16H25N5O2/c17-5-6-18-7-8-19-9-10-20-11-12-21-15(22)13-3-1-2-4-14(13)16(21)23/h1-4,18-20H,5-12,17H2. The Kier molecular flexibility index (Phi) is 7.15. The first kappa shape index (κ1) is 17.6. The first-order valence-corrected chi connectivity index (χ1v) is 8.03. The van der Waals surface area contributed by atoms with Gasteiger partial charge in [0.1, 0.15) is 0 Å². The molecule has 0 radical (unpaired) electrons. The van der Waals surface area contributed by atoms with E-state index in [2.05, 4.69) is 16.0 Å². The number of nitrogens with one attached hydrogen (secondary N) is 3. The van der Waals surface area contributed by atoms with Gasteiger partial charge in [0.05, 0.1) is 11.1 Å². The Morgan fingerprint density at radius 2 is 1.26 bits per heavy atom. The molecule has 2 rings (SSSR count). The maximum Gasteiger partial charge on any atom is 0.261 e. The lowest BCUT2D eigenvalue weighted by Crippen LogP contribution is -2.39. The lowest BCUT2D eigenvalue weighted by molar-refractivity contribution is 0.0655. The minimum atomic E-state index is -0.198. The Morgan fingerprint density at radius 3 is 1.78 bits per heavy atom. The third-order valence-corrected chi connectivity index (χ3v) is 3.67. The predicted octanol–water partition coefficient (Wildman–Crippen LogP) is -0.990. The average Bonchev–Trinajstić information content (AvgIpc) is 2.81. The number of benzene rings is 1. The van der Waals surface area contributed by atoms with Crippen molar-refractivity contribution in [3.05, 3.63) is 35.4 Å². The number of imide groups is 1. The van der Waals surface area contributed by atoms with E-state index in [4.69, 9.17) is 5.73 Å². The topological polar surface area (TPSA) is 99.5 Å². The molecular weight excluding hydrogens is 294 g/mol. The average molecular weight is 319 g/mol. The summed E-state index contributed by atoms with van der Waals surface area (Å²) < 4.78 is 0. The van der Waals surface area contributed by atoms with Gasteiger partial charge in [-0.25, -0.2) is 0 Å².